The third-order valence-corrected chi connectivity index (χ3v) is 6.42. The van der Waals surface area contributed by atoms with Gasteiger partial charge in [0.1, 0.15) is 5.75 Å². The first-order valence-electron chi connectivity index (χ1n) is 9.94. The summed E-state index contributed by atoms with van der Waals surface area (Å²) in [6.45, 7) is 3.15. The van der Waals surface area contributed by atoms with Gasteiger partial charge < -0.3 is 4.74 Å². The summed E-state index contributed by atoms with van der Waals surface area (Å²) in [4.78, 5) is 35.1. The summed E-state index contributed by atoms with van der Waals surface area (Å²) in [6.07, 6.45) is 0.269. The van der Waals surface area contributed by atoms with Crippen molar-refractivity contribution in [2.45, 2.75) is 31.6 Å². The zero-order valence-corrected chi connectivity index (χ0v) is 19.1. The molecule has 10 heteroatoms. The maximum absolute atomic E-state index is 12.6. The fourth-order valence-electron chi connectivity index (χ4n) is 2.72. The number of carbonyl (C=O) groups excluding carboxylic acids is 3. The minimum absolute atomic E-state index is 0.0160. The van der Waals surface area contributed by atoms with Gasteiger partial charge >= 0.3 is 0 Å². The van der Waals surface area contributed by atoms with Crippen molar-refractivity contribution in [3.63, 3.8) is 0 Å². The molecule has 2 N–H and O–H groups in total. The van der Waals surface area contributed by atoms with Gasteiger partial charge in [0, 0.05) is 25.6 Å². The van der Waals surface area contributed by atoms with Gasteiger partial charge in [0.25, 0.3) is 5.91 Å². The second kappa shape index (κ2) is 11.4. The number of sulfonamides is 1. The maximum atomic E-state index is 12.6. The number of hydrogen-bond donors (Lipinski definition) is 2. The fraction of sp³-hybridized carbons (Fsp3) is 0.318. The van der Waals surface area contributed by atoms with Crippen LogP contribution in [-0.2, 0) is 19.6 Å². The second-order valence-electron chi connectivity index (χ2n) is 7.21. The van der Waals surface area contributed by atoms with E-state index in [1.54, 1.807) is 12.1 Å². The molecule has 2 rings (SSSR count). The summed E-state index contributed by atoms with van der Waals surface area (Å²) >= 11 is 0. The largest absolute Gasteiger partial charge is 0.484 e. The number of benzene rings is 2. The van der Waals surface area contributed by atoms with Crippen LogP contribution in [0.15, 0.2) is 53.4 Å². The van der Waals surface area contributed by atoms with Crippen LogP contribution in [0.4, 0.5) is 0 Å². The van der Waals surface area contributed by atoms with Crippen molar-refractivity contribution in [3.05, 3.63) is 59.7 Å². The van der Waals surface area contributed by atoms with Crippen molar-refractivity contribution < 1.29 is 27.5 Å². The molecule has 2 amide bonds. The van der Waals surface area contributed by atoms with Crippen molar-refractivity contribution in [1.82, 2.24) is 15.2 Å². The molecule has 0 aromatic heterocycles. The standard InChI is InChI=1S/C22H27N3O6S/c1-16-6-4-7-19(14-16)31-15-22(28)24-23-21(27)8-5-13-25(3)32(29,30)20-11-9-18(10-12-20)17(2)26/h4,6-7,9-12,14H,5,8,13,15H2,1-3H3,(H,23,27)(H,24,28). The first kappa shape index (κ1) is 25.0. The predicted molar refractivity (Wildman–Crippen MR) is 118 cm³/mol. The molecule has 172 valence electrons. The van der Waals surface area contributed by atoms with Gasteiger partial charge in [-0.25, -0.2) is 12.7 Å². The number of amides is 2. The Morgan fingerprint density at radius 2 is 1.66 bits per heavy atom. The lowest BCUT2D eigenvalue weighted by atomic mass is 10.2. The Morgan fingerprint density at radius 1 is 1.00 bits per heavy atom. The molecule has 0 unspecified atom stereocenters. The topological polar surface area (TPSA) is 122 Å². The average Bonchev–Trinajstić information content (AvgIpc) is 2.76. The van der Waals surface area contributed by atoms with Gasteiger partial charge in [0.2, 0.25) is 15.9 Å². The highest BCUT2D eigenvalue weighted by molar-refractivity contribution is 7.89. The van der Waals surface area contributed by atoms with Gasteiger partial charge in [0.05, 0.1) is 4.90 Å². The molecule has 9 nitrogen and oxygen atoms in total. The fourth-order valence-corrected chi connectivity index (χ4v) is 3.93. The minimum Gasteiger partial charge on any atom is -0.484 e. The molecule has 2 aromatic carbocycles. The van der Waals surface area contributed by atoms with E-state index in [1.165, 1.54) is 38.2 Å². The molecule has 0 aliphatic heterocycles. The van der Waals surface area contributed by atoms with Crippen molar-refractivity contribution in [2.24, 2.45) is 0 Å². The van der Waals surface area contributed by atoms with Gasteiger partial charge in [-0.1, -0.05) is 24.3 Å². The Morgan fingerprint density at radius 3 is 2.28 bits per heavy atom. The zero-order valence-electron chi connectivity index (χ0n) is 18.3. The highest BCUT2D eigenvalue weighted by Gasteiger charge is 2.20. The third kappa shape index (κ3) is 7.47. The average molecular weight is 462 g/mol. The lowest BCUT2D eigenvalue weighted by Crippen LogP contribution is -2.44. The van der Waals surface area contributed by atoms with E-state index in [1.807, 2.05) is 19.1 Å². The summed E-state index contributed by atoms with van der Waals surface area (Å²) in [5.41, 5.74) is 5.95. The molecular weight excluding hydrogens is 434 g/mol. The van der Waals surface area contributed by atoms with Crippen LogP contribution in [0.2, 0.25) is 0 Å². The number of Topliss-reactive ketones (excluding diaryl/α,β-unsaturated/α-hetero) is 1. The van der Waals surface area contributed by atoms with E-state index in [2.05, 4.69) is 10.9 Å². The molecule has 0 bridgehead atoms. The zero-order chi connectivity index (χ0) is 23.7. The molecule has 0 saturated carbocycles. The van der Waals surface area contributed by atoms with E-state index < -0.39 is 21.8 Å². The highest BCUT2D eigenvalue weighted by Crippen LogP contribution is 2.16. The quantitative estimate of drug-likeness (QED) is 0.411. The molecule has 0 saturated heterocycles. The number of ether oxygens (including phenoxy) is 1. The van der Waals surface area contributed by atoms with Crippen LogP contribution < -0.4 is 15.6 Å². The Balaban J connectivity index is 1.72. The highest BCUT2D eigenvalue weighted by atomic mass is 32.2. The lowest BCUT2D eigenvalue weighted by molar-refractivity contribution is -0.130. The molecule has 0 spiro atoms. The smallest absolute Gasteiger partial charge is 0.276 e. The Kier molecular flexibility index (Phi) is 8.91. The molecule has 0 aliphatic rings. The summed E-state index contributed by atoms with van der Waals surface area (Å²) < 4.78 is 31.6. The first-order valence-corrected chi connectivity index (χ1v) is 11.4. The molecule has 0 atom stereocenters. The monoisotopic (exact) mass is 461 g/mol. The third-order valence-electron chi connectivity index (χ3n) is 4.55. The first-order chi connectivity index (χ1) is 15.1. The number of hydrazine groups is 1. The predicted octanol–water partition coefficient (Wildman–Crippen LogP) is 1.82. The van der Waals surface area contributed by atoms with Gasteiger partial charge in [-0.15, -0.1) is 0 Å². The van der Waals surface area contributed by atoms with Crippen LogP contribution in [-0.4, -0.2) is 50.5 Å². The molecule has 2 aromatic rings. The number of aryl methyl sites for hydroxylation is 1. The van der Waals surface area contributed by atoms with E-state index in [0.717, 1.165) is 9.87 Å². The summed E-state index contributed by atoms with van der Waals surface area (Å²) in [5, 5.41) is 0. The number of carbonyl (C=O) groups is 3. The Labute approximate surface area is 187 Å². The van der Waals surface area contributed by atoms with Gasteiger partial charge in [-0.2, -0.15) is 0 Å². The van der Waals surface area contributed by atoms with Gasteiger partial charge in [0.15, 0.2) is 12.4 Å². The van der Waals surface area contributed by atoms with Crippen LogP contribution in [0.3, 0.4) is 0 Å². The number of hydrogen-bond acceptors (Lipinski definition) is 6. The molecule has 0 heterocycles. The van der Waals surface area contributed by atoms with Crippen molar-refractivity contribution in [1.29, 1.82) is 0 Å². The number of nitrogens with zero attached hydrogens (tertiary/aromatic N) is 1. The molecule has 32 heavy (non-hydrogen) atoms. The Bertz CT molecular complexity index is 1070. The molecule has 0 aliphatic carbocycles. The van der Waals surface area contributed by atoms with Crippen molar-refractivity contribution >= 4 is 27.6 Å². The van der Waals surface area contributed by atoms with E-state index in [-0.39, 0.29) is 36.7 Å². The lowest BCUT2D eigenvalue weighted by Gasteiger charge is -2.17. The van der Waals surface area contributed by atoms with E-state index in [0.29, 0.717) is 11.3 Å². The Hall–Kier alpha value is -3.24. The normalized spacial score (nSPS) is 11.1. The summed E-state index contributed by atoms with van der Waals surface area (Å²) in [5.74, 6) is -0.576. The number of rotatable bonds is 10. The van der Waals surface area contributed by atoms with Crippen LogP contribution >= 0.6 is 0 Å². The van der Waals surface area contributed by atoms with E-state index in [4.69, 9.17) is 4.74 Å². The maximum Gasteiger partial charge on any atom is 0.276 e. The van der Waals surface area contributed by atoms with E-state index >= 15 is 0 Å². The van der Waals surface area contributed by atoms with Gasteiger partial charge in [-0.05, 0) is 50.1 Å². The van der Waals surface area contributed by atoms with E-state index in [9.17, 15) is 22.8 Å². The van der Waals surface area contributed by atoms with Crippen molar-refractivity contribution in [2.75, 3.05) is 20.2 Å². The SMILES string of the molecule is CC(=O)c1ccc(S(=O)(=O)N(C)CCCC(=O)NNC(=O)COc2cccc(C)c2)cc1. The molecule has 0 fully saturated rings. The number of nitrogens with one attached hydrogen (secondary N) is 2. The summed E-state index contributed by atoms with van der Waals surface area (Å²) in [6, 6.07) is 12.9. The van der Waals surface area contributed by atoms with Crippen LogP contribution in [0.1, 0.15) is 35.7 Å². The van der Waals surface area contributed by atoms with Gasteiger partial charge in [-0.3, -0.25) is 25.2 Å². The van der Waals surface area contributed by atoms with Crippen LogP contribution in [0, 0.1) is 6.92 Å². The molecular formula is C22H27N3O6S. The van der Waals surface area contributed by atoms with Crippen LogP contribution in [0.5, 0.6) is 5.75 Å². The van der Waals surface area contributed by atoms with Crippen molar-refractivity contribution in [3.8, 4) is 5.75 Å². The molecule has 0 radical (unpaired) electrons. The van der Waals surface area contributed by atoms with Crippen LogP contribution in [0.25, 0.3) is 0 Å². The summed E-state index contributed by atoms with van der Waals surface area (Å²) in [7, 11) is -2.32. The number of ketones is 1. The minimum atomic E-state index is -3.74. The second-order valence-corrected chi connectivity index (χ2v) is 9.26.